The third kappa shape index (κ3) is 3.76. The lowest BCUT2D eigenvalue weighted by molar-refractivity contribution is 0.102. The maximum Gasteiger partial charge on any atom is 0.255 e. The molecule has 0 atom stereocenters. The molecule has 0 aliphatic heterocycles. The summed E-state index contributed by atoms with van der Waals surface area (Å²) in [5.74, 6) is 2.91. The lowest BCUT2D eigenvalue weighted by Gasteiger charge is -2.08. The van der Waals surface area contributed by atoms with Gasteiger partial charge >= 0.3 is 0 Å². The van der Waals surface area contributed by atoms with Crippen LogP contribution in [-0.4, -0.2) is 25.9 Å². The molecular weight excluding hydrogens is 378 g/mol. The SMILES string of the molecule is C#CCNS(=O)(=O)c1cccc(C(=O)Nc2ccc3oc(C4CC4)nc3c2)c1. The number of fused-ring (bicyclic) bond motifs is 1. The number of rotatable bonds is 6. The van der Waals surface area contributed by atoms with Crippen molar-refractivity contribution in [2.75, 3.05) is 11.9 Å². The number of nitrogens with zero attached hydrogens (tertiary/aromatic N) is 1. The third-order valence-corrected chi connectivity index (χ3v) is 5.76. The van der Waals surface area contributed by atoms with E-state index in [0.717, 1.165) is 18.7 Å². The van der Waals surface area contributed by atoms with Crippen LogP contribution in [0.1, 0.15) is 35.0 Å². The number of sulfonamides is 1. The largest absolute Gasteiger partial charge is 0.440 e. The molecule has 3 aromatic rings. The molecule has 2 aromatic carbocycles. The van der Waals surface area contributed by atoms with Crippen LogP contribution < -0.4 is 10.0 Å². The highest BCUT2D eigenvalue weighted by Gasteiger charge is 2.28. The summed E-state index contributed by atoms with van der Waals surface area (Å²) in [4.78, 5) is 17.0. The van der Waals surface area contributed by atoms with Gasteiger partial charge in [-0.25, -0.2) is 13.4 Å². The number of benzene rings is 2. The monoisotopic (exact) mass is 395 g/mol. The Kier molecular flexibility index (Phi) is 4.63. The Hall–Kier alpha value is -3.15. The first-order valence-corrected chi connectivity index (χ1v) is 10.2. The first-order chi connectivity index (χ1) is 13.5. The Morgan fingerprint density at radius 3 is 2.82 bits per heavy atom. The molecule has 2 N–H and O–H groups in total. The summed E-state index contributed by atoms with van der Waals surface area (Å²) in [6, 6.07) is 10.9. The molecule has 0 saturated heterocycles. The van der Waals surface area contributed by atoms with Crippen molar-refractivity contribution >= 4 is 32.7 Å². The average Bonchev–Trinajstić information content (AvgIpc) is 3.46. The normalized spacial score (nSPS) is 14.0. The van der Waals surface area contributed by atoms with E-state index in [1.54, 1.807) is 18.2 Å². The quantitative estimate of drug-likeness (QED) is 0.625. The smallest absolute Gasteiger partial charge is 0.255 e. The van der Waals surface area contributed by atoms with Gasteiger partial charge in [-0.05, 0) is 49.2 Å². The van der Waals surface area contributed by atoms with Gasteiger partial charge in [0.2, 0.25) is 10.0 Å². The van der Waals surface area contributed by atoms with Gasteiger partial charge in [-0.1, -0.05) is 12.0 Å². The summed E-state index contributed by atoms with van der Waals surface area (Å²) in [5.41, 5.74) is 2.11. The van der Waals surface area contributed by atoms with Crippen molar-refractivity contribution in [2.24, 2.45) is 0 Å². The van der Waals surface area contributed by atoms with Gasteiger partial charge < -0.3 is 9.73 Å². The Morgan fingerprint density at radius 1 is 1.25 bits per heavy atom. The number of hydrogen-bond acceptors (Lipinski definition) is 5. The van der Waals surface area contributed by atoms with Crippen molar-refractivity contribution in [1.29, 1.82) is 0 Å². The highest BCUT2D eigenvalue weighted by atomic mass is 32.2. The Labute approximate surface area is 162 Å². The van der Waals surface area contributed by atoms with Gasteiger partial charge in [0.05, 0.1) is 11.4 Å². The van der Waals surface area contributed by atoms with Crippen LogP contribution in [0.25, 0.3) is 11.1 Å². The second-order valence-corrected chi connectivity index (χ2v) is 8.29. The predicted octanol–water partition coefficient (Wildman–Crippen LogP) is 2.87. The standard InChI is InChI=1S/C20H17N3O4S/c1-2-10-21-28(25,26)16-5-3-4-14(11-16)19(24)22-15-8-9-18-17(12-15)23-20(27-18)13-6-7-13/h1,3-5,8-9,11-13,21H,6-7,10H2,(H,22,24). The van der Waals surface area contributed by atoms with Crippen molar-refractivity contribution in [3.63, 3.8) is 0 Å². The van der Waals surface area contributed by atoms with E-state index in [4.69, 9.17) is 10.8 Å². The van der Waals surface area contributed by atoms with E-state index in [1.165, 1.54) is 24.3 Å². The number of amides is 1. The highest BCUT2D eigenvalue weighted by molar-refractivity contribution is 7.89. The molecule has 1 aliphatic carbocycles. The van der Waals surface area contributed by atoms with E-state index in [0.29, 0.717) is 22.7 Å². The maximum absolute atomic E-state index is 12.6. The van der Waals surface area contributed by atoms with Gasteiger partial charge in [0.1, 0.15) is 5.52 Å². The molecule has 1 amide bonds. The van der Waals surface area contributed by atoms with E-state index < -0.39 is 15.9 Å². The molecule has 1 saturated carbocycles. The van der Waals surface area contributed by atoms with Crippen molar-refractivity contribution < 1.29 is 17.6 Å². The molecule has 7 nitrogen and oxygen atoms in total. The fraction of sp³-hybridized carbons (Fsp3) is 0.200. The minimum Gasteiger partial charge on any atom is -0.440 e. The average molecular weight is 395 g/mol. The molecule has 1 aliphatic rings. The zero-order valence-electron chi connectivity index (χ0n) is 14.8. The molecule has 1 fully saturated rings. The molecule has 1 aromatic heterocycles. The van der Waals surface area contributed by atoms with Crippen LogP contribution in [0.4, 0.5) is 5.69 Å². The number of carbonyl (C=O) groups excluding carboxylic acids is 1. The Bertz CT molecular complexity index is 1200. The topological polar surface area (TPSA) is 101 Å². The van der Waals surface area contributed by atoms with Crippen molar-refractivity contribution in [2.45, 2.75) is 23.7 Å². The number of terminal acetylenes is 1. The predicted molar refractivity (Wildman–Crippen MR) is 104 cm³/mol. The zero-order chi connectivity index (χ0) is 19.7. The molecule has 1 heterocycles. The van der Waals surface area contributed by atoms with E-state index in [1.807, 2.05) is 0 Å². The molecule has 142 valence electrons. The van der Waals surface area contributed by atoms with E-state index in [9.17, 15) is 13.2 Å². The summed E-state index contributed by atoms with van der Waals surface area (Å²) >= 11 is 0. The Morgan fingerprint density at radius 2 is 2.07 bits per heavy atom. The van der Waals surface area contributed by atoms with Crippen LogP contribution in [0.2, 0.25) is 0 Å². The highest BCUT2D eigenvalue weighted by Crippen LogP contribution is 2.40. The number of hydrogen-bond donors (Lipinski definition) is 2. The van der Waals surface area contributed by atoms with Crippen LogP contribution in [0, 0.1) is 12.3 Å². The number of carbonyl (C=O) groups is 1. The first-order valence-electron chi connectivity index (χ1n) is 8.71. The molecule has 0 radical (unpaired) electrons. The van der Waals surface area contributed by atoms with Crippen LogP contribution in [0.15, 0.2) is 51.8 Å². The third-order valence-electron chi connectivity index (χ3n) is 4.36. The minimum atomic E-state index is -3.77. The van der Waals surface area contributed by atoms with Crippen LogP contribution in [0.3, 0.4) is 0 Å². The minimum absolute atomic E-state index is 0.0311. The second kappa shape index (κ2) is 7.11. The number of anilines is 1. The van der Waals surface area contributed by atoms with Crippen molar-refractivity contribution in [1.82, 2.24) is 9.71 Å². The maximum atomic E-state index is 12.6. The van der Waals surface area contributed by atoms with Gasteiger partial charge in [-0.2, -0.15) is 4.72 Å². The number of aromatic nitrogens is 1. The fourth-order valence-corrected chi connectivity index (χ4v) is 3.74. The molecular formula is C20H17N3O4S. The zero-order valence-corrected chi connectivity index (χ0v) is 15.6. The van der Waals surface area contributed by atoms with Gasteiger partial charge in [0.25, 0.3) is 5.91 Å². The van der Waals surface area contributed by atoms with E-state index in [2.05, 4.69) is 20.9 Å². The molecule has 0 spiro atoms. The van der Waals surface area contributed by atoms with Crippen molar-refractivity contribution in [3.05, 3.63) is 53.9 Å². The molecule has 0 unspecified atom stereocenters. The molecule has 0 bridgehead atoms. The van der Waals surface area contributed by atoms with Crippen LogP contribution >= 0.6 is 0 Å². The second-order valence-electron chi connectivity index (χ2n) is 6.52. The van der Waals surface area contributed by atoms with E-state index >= 15 is 0 Å². The van der Waals surface area contributed by atoms with E-state index in [-0.39, 0.29) is 17.0 Å². The number of nitrogens with one attached hydrogen (secondary N) is 2. The van der Waals surface area contributed by atoms with Gasteiger partial charge in [-0.15, -0.1) is 6.42 Å². The van der Waals surface area contributed by atoms with Crippen LogP contribution in [0.5, 0.6) is 0 Å². The summed E-state index contributed by atoms with van der Waals surface area (Å²) in [5, 5.41) is 2.76. The summed E-state index contributed by atoms with van der Waals surface area (Å²) in [6.45, 7) is -0.126. The first kappa shape index (κ1) is 18.2. The summed E-state index contributed by atoms with van der Waals surface area (Å²) < 4.78 is 32.3. The molecule has 8 heteroatoms. The lowest BCUT2D eigenvalue weighted by Crippen LogP contribution is -2.24. The van der Waals surface area contributed by atoms with Gasteiger partial charge in [0, 0.05) is 17.2 Å². The molecule has 4 rings (SSSR count). The fourth-order valence-electron chi connectivity index (χ4n) is 2.76. The van der Waals surface area contributed by atoms with Crippen molar-refractivity contribution in [3.8, 4) is 12.3 Å². The summed E-state index contributed by atoms with van der Waals surface area (Å²) in [7, 11) is -3.77. The van der Waals surface area contributed by atoms with Gasteiger partial charge in [0.15, 0.2) is 11.5 Å². The Balaban J connectivity index is 1.54. The summed E-state index contributed by atoms with van der Waals surface area (Å²) in [6.07, 6.45) is 7.26. The molecule has 28 heavy (non-hydrogen) atoms. The lowest BCUT2D eigenvalue weighted by atomic mass is 10.2. The van der Waals surface area contributed by atoms with Gasteiger partial charge in [-0.3, -0.25) is 4.79 Å². The number of oxazole rings is 1. The van der Waals surface area contributed by atoms with Crippen LogP contribution in [-0.2, 0) is 10.0 Å².